The van der Waals surface area contributed by atoms with Gasteiger partial charge in [0.05, 0.1) is 4.90 Å². The summed E-state index contributed by atoms with van der Waals surface area (Å²) in [4.78, 5) is 24.2. The number of sulfonamides is 1. The molecule has 3 aromatic carbocycles. The number of carbonyl (C=O) groups excluding carboxylic acids is 2. The van der Waals surface area contributed by atoms with Crippen molar-refractivity contribution in [2.24, 2.45) is 0 Å². The van der Waals surface area contributed by atoms with Crippen molar-refractivity contribution in [3.8, 4) is 16.9 Å². The summed E-state index contributed by atoms with van der Waals surface area (Å²) in [6.07, 6.45) is 2.72. The molecular formula is C25H25N3O5S. The third-order valence-corrected chi connectivity index (χ3v) is 6.17. The molecule has 0 saturated carbocycles. The Labute approximate surface area is 198 Å². The largest absolute Gasteiger partial charge is 0.483 e. The Kier molecular flexibility index (Phi) is 8.55. The highest BCUT2D eigenvalue weighted by Gasteiger charge is 2.11. The molecule has 2 amide bonds. The van der Waals surface area contributed by atoms with Gasteiger partial charge >= 0.3 is 0 Å². The van der Waals surface area contributed by atoms with Crippen LogP contribution in [0.1, 0.15) is 12.5 Å². The highest BCUT2D eigenvalue weighted by Crippen LogP contribution is 2.29. The molecule has 8 nitrogen and oxygen atoms in total. The highest BCUT2D eigenvalue weighted by molar-refractivity contribution is 7.89. The van der Waals surface area contributed by atoms with Gasteiger partial charge in [0.2, 0.25) is 10.0 Å². The molecule has 0 atom stereocenters. The number of para-hydroxylation sites is 1. The Morgan fingerprint density at radius 3 is 2.26 bits per heavy atom. The zero-order valence-corrected chi connectivity index (χ0v) is 19.3. The fraction of sp³-hybridized carbons (Fsp3) is 0.120. The summed E-state index contributed by atoms with van der Waals surface area (Å²) in [5.41, 5.74) is 7.00. The highest BCUT2D eigenvalue weighted by atomic mass is 32.2. The van der Waals surface area contributed by atoms with Crippen LogP contribution in [0.2, 0.25) is 0 Å². The quantitative estimate of drug-likeness (QED) is 0.323. The van der Waals surface area contributed by atoms with E-state index in [-0.39, 0.29) is 11.5 Å². The van der Waals surface area contributed by atoms with E-state index in [0.29, 0.717) is 17.9 Å². The van der Waals surface area contributed by atoms with Gasteiger partial charge in [-0.2, -0.15) is 0 Å². The zero-order chi connectivity index (χ0) is 24.4. The van der Waals surface area contributed by atoms with Crippen LogP contribution in [0.5, 0.6) is 5.75 Å². The number of benzene rings is 3. The second kappa shape index (κ2) is 11.8. The van der Waals surface area contributed by atoms with Gasteiger partial charge in [-0.25, -0.2) is 13.1 Å². The molecule has 3 rings (SSSR count). The lowest BCUT2D eigenvalue weighted by molar-refractivity contribution is -0.128. The molecule has 0 aromatic heterocycles. The van der Waals surface area contributed by atoms with Crippen LogP contribution in [0.15, 0.2) is 89.8 Å². The molecule has 0 spiro atoms. The van der Waals surface area contributed by atoms with Gasteiger partial charge in [0.1, 0.15) is 5.75 Å². The van der Waals surface area contributed by atoms with E-state index >= 15 is 0 Å². The van der Waals surface area contributed by atoms with E-state index in [1.807, 2.05) is 48.5 Å². The second-order valence-electron chi connectivity index (χ2n) is 7.09. The van der Waals surface area contributed by atoms with Crippen molar-refractivity contribution in [3.05, 3.63) is 90.5 Å². The van der Waals surface area contributed by atoms with E-state index in [0.717, 1.165) is 11.1 Å². The third kappa shape index (κ3) is 7.03. The lowest BCUT2D eigenvalue weighted by Gasteiger charge is -2.12. The molecule has 0 heterocycles. The molecule has 34 heavy (non-hydrogen) atoms. The lowest BCUT2D eigenvalue weighted by atomic mass is 10.1. The number of hydrazine groups is 1. The lowest BCUT2D eigenvalue weighted by Crippen LogP contribution is -2.43. The Hall–Kier alpha value is -3.95. The van der Waals surface area contributed by atoms with Gasteiger partial charge in [-0.15, -0.1) is 0 Å². The van der Waals surface area contributed by atoms with Crippen molar-refractivity contribution in [2.45, 2.75) is 11.8 Å². The first-order chi connectivity index (χ1) is 16.4. The van der Waals surface area contributed by atoms with Gasteiger partial charge in [-0.05, 0) is 35.4 Å². The summed E-state index contributed by atoms with van der Waals surface area (Å²) in [6.45, 7) is 1.71. The summed E-state index contributed by atoms with van der Waals surface area (Å²) in [5.74, 6) is -0.528. The monoisotopic (exact) mass is 479 g/mol. The van der Waals surface area contributed by atoms with Crippen LogP contribution in [0.25, 0.3) is 17.2 Å². The van der Waals surface area contributed by atoms with Crippen LogP contribution in [-0.2, 0) is 19.6 Å². The van der Waals surface area contributed by atoms with Crippen molar-refractivity contribution < 1.29 is 22.7 Å². The minimum absolute atomic E-state index is 0.136. The number of rotatable bonds is 9. The summed E-state index contributed by atoms with van der Waals surface area (Å²) in [5, 5.41) is 0. The molecule has 0 aliphatic heterocycles. The van der Waals surface area contributed by atoms with Crippen LogP contribution < -0.4 is 20.3 Å². The Bertz CT molecular complexity index is 1260. The molecule has 0 unspecified atom stereocenters. The average molecular weight is 480 g/mol. The first-order valence-corrected chi connectivity index (χ1v) is 12.0. The van der Waals surface area contributed by atoms with Crippen LogP contribution in [0.3, 0.4) is 0 Å². The Morgan fingerprint density at radius 1 is 0.882 bits per heavy atom. The normalized spacial score (nSPS) is 11.2. The Balaban J connectivity index is 1.49. The minimum Gasteiger partial charge on any atom is -0.483 e. The number of amides is 2. The molecule has 176 valence electrons. The van der Waals surface area contributed by atoms with E-state index in [9.17, 15) is 18.0 Å². The number of hydrogen-bond donors (Lipinski definition) is 3. The molecule has 3 aromatic rings. The van der Waals surface area contributed by atoms with Gasteiger partial charge in [-0.3, -0.25) is 20.4 Å². The van der Waals surface area contributed by atoms with Crippen LogP contribution in [0, 0.1) is 0 Å². The molecule has 3 N–H and O–H groups in total. The number of ether oxygens (including phenoxy) is 1. The predicted molar refractivity (Wildman–Crippen MR) is 130 cm³/mol. The molecule has 0 radical (unpaired) electrons. The van der Waals surface area contributed by atoms with Gasteiger partial charge in [0, 0.05) is 18.2 Å². The molecule has 0 saturated heterocycles. The SMILES string of the molecule is CCNS(=O)(=O)c1ccc(/C=C/C(=O)NNC(=O)COc2ccccc2-c2ccccc2)cc1. The van der Waals surface area contributed by atoms with Crippen molar-refractivity contribution in [1.82, 2.24) is 15.6 Å². The van der Waals surface area contributed by atoms with Crippen molar-refractivity contribution in [1.29, 1.82) is 0 Å². The number of hydrogen-bond acceptors (Lipinski definition) is 5. The van der Waals surface area contributed by atoms with Gasteiger partial charge in [0.15, 0.2) is 6.61 Å². The number of nitrogens with one attached hydrogen (secondary N) is 3. The van der Waals surface area contributed by atoms with Crippen LogP contribution in [0.4, 0.5) is 0 Å². The molecule has 9 heteroatoms. The smallest absolute Gasteiger partial charge is 0.276 e. The second-order valence-corrected chi connectivity index (χ2v) is 8.86. The average Bonchev–Trinajstić information content (AvgIpc) is 2.86. The molecular weight excluding hydrogens is 454 g/mol. The Morgan fingerprint density at radius 2 is 1.56 bits per heavy atom. The van der Waals surface area contributed by atoms with Gasteiger partial charge in [-0.1, -0.05) is 67.6 Å². The van der Waals surface area contributed by atoms with E-state index in [2.05, 4.69) is 15.6 Å². The van der Waals surface area contributed by atoms with E-state index in [4.69, 9.17) is 4.74 Å². The first kappa shape index (κ1) is 24.7. The predicted octanol–water partition coefficient (Wildman–Crippen LogP) is 2.89. The fourth-order valence-corrected chi connectivity index (χ4v) is 4.05. The zero-order valence-electron chi connectivity index (χ0n) is 18.5. The minimum atomic E-state index is -3.53. The molecule has 0 aliphatic carbocycles. The van der Waals surface area contributed by atoms with E-state index < -0.39 is 21.8 Å². The maximum absolute atomic E-state index is 12.1. The first-order valence-electron chi connectivity index (χ1n) is 10.5. The summed E-state index contributed by atoms with van der Waals surface area (Å²) < 4.78 is 31.9. The van der Waals surface area contributed by atoms with Crippen molar-refractivity contribution >= 4 is 27.9 Å². The molecule has 0 aliphatic rings. The van der Waals surface area contributed by atoms with E-state index in [1.54, 1.807) is 25.1 Å². The van der Waals surface area contributed by atoms with Crippen molar-refractivity contribution in [3.63, 3.8) is 0 Å². The summed E-state index contributed by atoms with van der Waals surface area (Å²) in [7, 11) is -3.53. The third-order valence-electron chi connectivity index (χ3n) is 4.61. The fourth-order valence-electron chi connectivity index (χ4n) is 3.00. The van der Waals surface area contributed by atoms with Gasteiger partial charge < -0.3 is 4.74 Å². The van der Waals surface area contributed by atoms with E-state index in [1.165, 1.54) is 24.3 Å². The molecule has 0 fully saturated rings. The maximum Gasteiger partial charge on any atom is 0.276 e. The molecule has 0 bridgehead atoms. The summed E-state index contributed by atoms with van der Waals surface area (Å²) in [6, 6.07) is 23.1. The number of carbonyl (C=O) groups is 2. The van der Waals surface area contributed by atoms with Gasteiger partial charge in [0.25, 0.3) is 11.8 Å². The van der Waals surface area contributed by atoms with Crippen LogP contribution in [-0.4, -0.2) is 33.4 Å². The topological polar surface area (TPSA) is 114 Å². The summed E-state index contributed by atoms with van der Waals surface area (Å²) >= 11 is 0. The van der Waals surface area contributed by atoms with Crippen molar-refractivity contribution in [2.75, 3.05) is 13.2 Å². The standard InChI is InChI=1S/C25H25N3O5S/c1-2-26-34(31,32)21-15-12-19(13-16-21)14-17-24(29)27-28-25(30)18-33-23-11-7-6-10-22(23)20-8-4-3-5-9-20/h3-17,26H,2,18H2,1H3,(H,27,29)(H,28,30)/b17-14+. The van der Waals surface area contributed by atoms with Crippen LogP contribution >= 0.6 is 0 Å². The maximum atomic E-state index is 12.1.